The fraction of sp³-hybridized carbons (Fsp3) is 0.400. The molecular formula is C20H22ClN3O3. The van der Waals surface area contributed by atoms with Crippen molar-refractivity contribution in [3.8, 4) is 11.5 Å². The number of fused-ring (bicyclic) bond motifs is 1. The maximum atomic E-state index is 12.5. The molecule has 142 valence electrons. The number of hydrogen-bond acceptors (Lipinski definition) is 5. The maximum absolute atomic E-state index is 12.5. The standard InChI is InChI=1S/C20H22ClN3O3/c21-16-10-14(11-18-19(16)27-9-3-8-26-18)13-23-20(25)17-12-15(4-5-22-17)24-6-1-2-7-24/h4-5,10-12H,1-3,6-9,13H2,(H,23,25). The third-order valence-corrected chi connectivity index (χ3v) is 5.04. The Kier molecular flexibility index (Phi) is 5.34. The number of anilines is 1. The lowest BCUT2D eigenvalue weighted by Gasteiger charge is -2.17. The van der Waals surface area contributed by atoms with Gasteiger partial charge in [-0.25, -0.2) is 0 Å². The zero-order valence-electron chi connectivity index (χ0n) is 15.0. The molecule has 0 spiro atoms. The van der Waals surface area contributed by atoms with Crippen LogP contribution in [-0.4, -0.2) is 37.2 Å². The first-order valence-corrected chi connectivity index (χ1v) is 9.66. The van der Waals surface area contributed by atoms with Gasteiger partial charge in [-0.2, -0.15) is 0 Å². The first-order valence-electron chi connectivity index (χ1n) is 9.28. The molecule has 3 heterocycles. The molecule has 1 amide bonds. The van der Waals surface area contributed by atoms with E-state index in [9.17, 15) is 4.79 Å². The molecule has 1 fully saturated rings. The van der Waals surface area contributed by atoms with Gasteiger partial charge in [0.05, 0.1) is 18.2 Å². The number of nitrogens with one attached hydrogen (secondary N) is 1. The van der Waals surface area contributed by atoms with Gasteiger partial charge in [0.1, 0.15) is 5.69 Å². The summed E-state index contributed by atoms with van der Waals surface area (Å²) in [6.07, 6.45) is 4.88. The van der Waals surface area contributed by atoms with E-state index >= 15 is 0 Å². The number of nitrogens with zero attached hydrogens (tertiary/aromatic N) is 2. The third kappa shape index (κ3) is 4.11. The summed E-state index contributed by atoms with van der Waals surface area (Å²) in [4.78, 5) is 19.0. The quantitative estimate of drug-likeness (QED) is 0.870. The second-order valence-electron chi connectivity index (χ2n) is 6.73. The summed E-state index contributed by atoms with van der Waals surface area (Å²) < 4.78 is 11.3. The predicted molar refractivity (Wildman–Crippen MR) is 104 cm³/mol. The first kappa shape index (κ1) is 17.9. The molecule has 0 atom stereocenters. The van der Waals surface area contributed by atoms with Crippen LogP contribution in [0.5, 0.6) is 11.5 Å². The molecule has 0 saturated carbocycles. The molecule has 0 unspecified atom stereocenters. The Morgan fingerprint density at radius 2 is 1.96 bits per heavy atom. The highest BCUT2D eigenvalue weighted by molar-refractivity contribution is 6.32. The van der Waals surface area contributed by atoms with Crippen LogP contribution in [0.3, 0.4) is 0 Å². The molecule has 0 bridgehead atoms. The van der Waals surface area contributed by atoms with Gasteiger partial charge in [-0.3, -0.25) is 9.78 Å². The Bertz CT molecular complexity index is 837. The van der Waals surface area contributed by atoms with Crippen molar-refractivity contribution >= 4 is 23.2 Å². The zero-order chi connectivity index (χ0) is 18.6. The van der Waals surface area contributed by atoms with Crippen LogP contribution >= 0.6 is 11.6 Å². The third-order valence-electron chi connectivity index (χ3n) is 4.76. The van der Waals surface area contributed by atoms with Crippen LogP contribution in [0.1, 0.15) is 35.3 Å². The van der Waals surface area contributed by atoms with Crippen molar-refractivity contribution in [2.75, 3.05) is 31.2 Å². The van der Waals surface area contributed by atoms with E-state index in [-0.39, 0.29) is 5.91 Å². The number of rotatable bonds is 4. The van der Waals surface area contributed by atoms with Crippen LogP contribution in [0, 0.1) is 0 Å². The Hall–Kier alpha value is -2.47. The average Bonchev–Trinajstić information content (AvgIpc) is 3.12. The topological polar surface area (TPSA) is 63.7 Å². The van der Waals surface area contributed by atoms with Crippen LogP contribution < -0.4 is 19.7 Å². The van der Waals surface area contributed by atoms with E-state index in [1.165, 1.54) is 12.8 Å². The van der Waals surface area contributed by atoms with Gasteiger partial charge in [-0.15, -0.1) is 0 Å². The van der Waals surface area contributed by atoms with Gasteiger partial charge in [-0.1, -0.05) is 11.6 Å². The van der Waals surface area contributed by atoms with Crippen LogP contribution in [0.2, 0.25) is 5.02 Å². The number of halogens is 1. The van der Waals surface area contributed by atoms with Crippen molar-refractivity contribution in [3.63, 3.8) is 0 Å². The molecule has 1 N–H and O–H groups in total. The van der Waals surface area contributed by atoms with Gasteiger partial charge in [0.25, 0.3) is 5.91 Å². The van der Waals surface area contributed by atoms with Crippen molar-refractivity contribution < 1.29 is 14.3 Å². The number of ether oxygens (including phenoxy) is 2. The van der Waals surface area contributed by atoms with Crippen molar-refractivity contribution in [2.24, 2.45) is 0 Å². The Morgan fingerprint density at radius 1 is 1.15 bits per heavy atom. The molecule has 6 nitrogen and oxygen atoms in total. The summed E-state index contributed by atoms with van der Waals surface area (Å²) in [6, 6.07) is 7.46. The number of hydrogen-bond donors (Lipinski definition) is 1. The van der Waals surface area contributed by atoms with E-state index < -0.39 is 0 Å². The molecule has 0 aliphatic carbocycles. The van der Waals surface area contributed by atoms with Gasteiger partial charge >= 0.3 is 0 Å². The van der Waals surface area contributed by atoms with Crippen LogP contribution in [0.4, 0.5) is 5.69 Å². The molecule has 1 saturated heterocycles. The SMILES string of the molecule is O=C(NCc1cc(Cl)c2c(c1)OCCCO2)c1cc(N2CCCC2)ccn1. The minimum Gasteiger partial charge on any atom is -0.489 e. The predicted octanol–water partition coefficient (Wildman–Crippen LogP) is 3.43. The molecule has 2 aliphatic heterocycles. The summed E-state index contributed by atoms with van der Waals surface area (Å²) in [7, 11) is 0. The summed E-state index contributed by atoms with van der Waals surface area (Å²) >= 11 is 6.31. The van der Waals surface area contributed by atoms with Gasteiger partial charge in [0.15, 0.2) is 11.5 Å². The van der Waals surface area contributed by atoms with Crippen LogP contribution in [-0.2, 0) is 6.54 Å². The minimum atomic E-state index is -0.209. The molecule has 27 heavy (non-hydrogen) atoms. The number of aromatic nitrogens is 1. The van der Waals surface area contributed by atoms with Crippen LogP contribution in [0.15, 0.2) is 30.5 Å². The largest absolute Gasteiger partial charge is 0.489 e. The first-order chi connectivity index (χ1) is 13.2. The molecule has 0 radical (unpaired) electrons. The lowest BCUT2D eigenvalue weighted by molar-refractivity contribution is 0.0946. The molecule has 2 aromatic rings. The lowest BCUT2D eigenvalue weighted by atomic mass is 10.2. The highest BCUT2D eigenvalue weighted by Gasteiger charge is 2.17. The van der Waals surface area contributed by atoms with Gasteiger partial charge < -0.3 is 19.7 Å². The van der Waals surface area contributed by atoms with Gasteiger partial charge in [-0.05, 0) is 42.7 Å². The fourth-order valence-corrected chi connectivity index (χ4v) is 3.66. The smallest absolute Gasteiger partial charge is 0.270 e. The second-order valence-corrected chi connectivity index (χ2v) is 7.14. The lowest BCUT2D eigenvalue weighted by Crippen LogP contribution is -2.25. The van der Waals surface area contributed by atoms with Gasteiger partial charge in [0, 0.05) is 37.9 Å². The van der Waals surface area contributed by atoms with E-state index in [2.05, 4.69) is 15.2 Å². The molecule has 4 rings (SSSR count). The van der Waals surface area contributed by atoms with Crippen molar-refractivity contribution in [2.45, 2.75) is 25.8 Å². The van der Waals surface area contributed by atoms with Crippen molar-refractivity contribution in [1.29, 1.82) is 0 Å². The average molecular weight is 388 g/mol. The summed E-state index contributed by atoms with van der Waals surface area (Å²) in [5.74, 6) is 0.988. The number of pyridine rings is 1. The molecule has 2 aliphatic rings. The van der Waals surface area contributed by atoms with E-state index in [1.54, 1.807) is 12.3 Å². The Labute approximate surface area is 163 Å². The molecule has 1 aromatic heterocycles. The molecular weight excluding hydrogens is 366 g/mol. The second kappa shape index (κ2) is 8.05. The fourth-order valence-electron chi connectivity index (χ4n) is 3.37. The Balaban J connectivity index is 1.44. The molecule has 1 aromatic carbocycles. The monoisotopic (exact) mass is 387 g/mol. The Morgan fingerprint density at radius 3 is 2.81 bits per heavy atom. The van der Waals surface area contributed by atoms with E-state index in [0.29, 0.717) is 42.0 Å². The van der Waals surface area contributed by atoms with E-state index in [4.69, 9.17) is 21.1 Å². The zero-order valence-corrected chi connectivity index (χ0v) is 15.8. The highest BCUT2D eigenvalue weighted by Crippen LogP contribution is 2.38. The number of benzene rings is 1. The van der Waals surface area contributed by atoms with Crippen LogP contribution in [0.25, 0.3) is 0 Å². The molecule has 7 heteroatoms. The van der Waals surface area contributed by atoms with Crippen molar-refractivity contribution in [1.82, 2.24) is 10.3 Å². The highest BCUT2D eigenvalue weighted by atomic mass is 35.5. The maximum Gasteiger partial charge on any atom is 0.270 e. The number of carbonyl (C=O) groups is 1. The summed E-state index contributed by atoms with van der Waals surface area (Å²) in [5.41, 5.74) is 2.32. The van der Waals surface area contributed by atoms with E-state index in [1.807, 2.05) is 18.2 Å². The van der Waals surface area contributed by atoms with Crippen molar-refractivity contribution in [3.05, 3.63) is 46.7 Å². The van der Waals surface area contributed by atoms with E-state index in [0.717, 1.165) is 30.8 Å². The normalized spacial score (nSPS) is 16.1. The minimum absolute atomic E-state index is 0.209. The number of amides is 1. The summed E-state index contributed by atoms with van der Waals surface area (Å²) in [6.45, 7) is 3.57. The number of carbonyl (C=O) groups excluding carboxylic acids is 1. The summed E-state index contributed by atoms with van der Waals surface area (Å²) in [5, 5.41) is 3.40. The van der Waals surface area contributed by atoms with Gasteiger partial charge in [0.2, 0.25) is 0 Å².